The quantitative estimate of drug-likeness (QED) is 0.0686. The molecule has 300 valence electrons. The summed E-state index contributed by atoms with van der Waals surface area (Å²) in [5, 5.41) is 24.3. The van der Waals surface area contributed by atoms with E-state index >= 15 is 0 Å². The molecular weight excluding hydrogens is 737 g/mol. The molecule has 2 aliphatic carbocycles. The Bertz CT molecular complexity index is 2110. The number of amides is 2. The van der Waals surface area contributed by atoms with Crippen molar-refractivity contribution in [3.8, 4) is 5.75 Å². The molecule has 4 atom stereocenters. The average molecular weight is 794 g/mol. The first kappa shape index (κ1) is 40.3. The minimum Gasteiger partial charge on any atom is -0.507 e. The highest BCUT2D eigenvalue weighted by Crippen LogP contribution is 2.52. The molecule has 0 aromatic heterocycles. The maximum atomic E-state index is 14.6. The van der Waals surface area contributed by atoms with E-state index in [9.17, 15) is 19.7 Å². The van der Waals surface area contributed by atoms with Crippen molar-refractivity contribution < 1.29 is 28.8 Å². The van der Waals surface area contributed by atoms with E-state index < -0.39 is 33.4 Å². The number of aromatic hydroxyl groups is 1. The van der Waals surface area contributed by atoms with E-state index in [-0.39, 0.29) is 40.9 Å². The third-order valence-corrected chi connectivity index (χ3v) is 18.2. The largest absolute Gasteiger partial charge is 0.507 e. The number of phenols is 1. The monoisotopic (exact) mass is 793 g/mol. The third kappa shape index (κ3) is 7.70. The third-order valence-electron chi connectivity index (χ3n) is 13.2. The van der Waals surface area contributed by atoms with Crippen LogP contribution in [0.4, 0.5) is 0 Å². The second-order valence-electron chi connectivity index (χ2n) is 17.7. The molecule has 1 saturated carbocycles. The van der Waals surface area contributed by atoms with Gasteiger partial charge in [-0.2, -0.15) is 0 Å². The van der Waals surface area contributed by atoms with Crippen LogP contribution in [0.5, 0.6) is 5.75 Å². The van der Waals surface area contributed by atoms with Crippen LogP contribution < -0.4 is 10.4 Å². The molecule has 0 spiro atoms. The first-order chi connectivity index (χ1) is 28.1. The molecule has 2 amide bonds. The molecule has 7 nitrogen and oxygen atoms in total. The molecule has 2 aliphatic heterocycles. The molecule has 4 aliphatic rings. The van der Waals surface area contributed by atoms with E-state index in [0.717, 1.165) is 60.0 Å². The van der Waals surface area contributed by atoms with Gasteiger partial charge in [0.15, 0.2) is 0 Å². The topological polar surface area (TPSA) is 96.3 Å². The first-order valence-corrected chi connectivity index (χ1v) is 23.2. The summed E-state index contributed by atoms with van der Waals surface area (Å²) in [4.78, 5) is 30.8. The molecule has 58 heavy (non-hydrogen) atoms. The fourth-order valence-corrected chi connectivity index (χ4v) is 15.2. The Kier molecular flexibility index (Phi) is 11.8. The number of phenolic OH excluding ortho intramolecular Hbond substituents is 1. The van der Waals surface area contributed by atoms with Gasteiger partial charge in [-0.25, -0.2) is 0 Å². The number of nitrogens with zero attached hydrogens (tertiary/aromatic N) is 1. The predicted octanol–water partition coefficient (Wildman–Crippen LogP) is 8.42. The summed E-state index contributed by atoms with van der Waals surface area (Å²) >= 11 is 0. The number of hydrogen-bond acceptors (Lipinski definition) is 6. The summed E-state index contributed by atoms with van der Waals surface area (Å²) < 4.78 is 14.1. The van der Waals surface area contributed by atoms with Crippen LogP contribution >= 0.6 is 0 Å². The Balaban J connectivity index is 1.21. The Morgan fingerprint density at radius 2 is 1.43 bits per heavy atom. The molecule has 2 heterocycles. The maximum absolute atomic E-state index is 14.6. The van der Waals surface area contributed by atoms with Gasteiger partial charge in [-0.05, 0) is 94.2 Å². The van der Waals surface area contributed by atoms with Crippen LogP contribution in [-0.2, 0) is 18.7 Å². The maximum Gasteiger partial charge on any atom is 0.455 e. The van der Waals surface area contributed by atoms with Crippen molar-refractivity contribution >= 4 is 49.3 Å². The van der Waals surface area contributed by atoms with E-state index in [1.54, 1.807) is 11.0 Å². The summed E-state index contributed by atoms with van der Waals surface area (Å²) in [6.45, 7) is 7.09. The van der Waals surface area contributed by atoms with Gasteiger partial charge >= 0.3 is 7.12 Å². The normalized spacial score (nSPS) is 23.3. The summed E-state index contributed by atoms with van der Waals surface area (Å²) in [5.74, 6) is -1.30. The number of carbonyl (C=O) groups excluding carboxylic acids is 2. The van der Waals surface area contributed by atoms with Crippen LogP contribution in [0.2, 0.25) is 11.4 Å². The minimum absolute atomic E-state index is 0.0570. The molecule has 3 fully saturated rings. The van der Waals surface area contributed by atoms with Gasteiger partial charge in [-0.1, -0.05) is 149 Å². The van der Waals surface area contributed by atoms with Crippen LogP contribution in [0, 0.1) is 17.8 Å². The van der Waals surface area contributed by atoms with Crippen molar-refractivity contribution in [2.24, 2.45) is 17.8 Å². The highest BCUT2D eigenvalue weighted by Gasteiger charge is 2.59. The molecule has 4 aromatic carbocycles. The molecule has 0 radical (unpaired) electrons. The highest BCUT2D eigenvalue weighted by atomic mass is 28.4. The summed E-state index contributed by atoms with van der Waals surface area (Å²) in [7, 11) is -4.06. The highest BCUT2D eigenvalue weighted by molar-refractivity contribution is 6.99. The van der Waals surface area contributed by atoms with Crippen molar-refractivity contribution in [2.75, 3.05) is 6.61 Å². The Morgan fingerprint density at radius 3 is 2.05 bits per heavy atom. The van der Waals surface area contributed by atoms with E-state index in [0.29, 0.717) is 25.9 Å². The fourth-order valence-electron chi connectivity index (χ4n) is 10.6. The molecule has 8 rings (SSSR count). The molecule has 4 aromatic rings. The van der Waals surface area contributed by atoms with Gasteiger partial charge in [-0.3, -0.25) is 14.5 Å². The van der Waals surface area contributed by atoms with Crippen molar-refractivity contribution in [3.05, 3.63) is 138 Å². The second-order valence-corrected chi connectivity index (χ2v) is 22.0. The number of allylic oxidation sites excluding steroid dienone is 1. The number of hydrogen-bond donors (Lipinski definition) is 2. The van der Waals surface area contributed by atoms with E-state index in [1.165, 1.54) is 10.4 Å². The zero-order valence-corrected chi connectivity index (χ0v) is 35.1. The molecule has 0 bridgehead atoms. The van der Waals surface area contributed by atoms with Gasteiger partial charge in [-0.15, -0.1) is 0 Å². The lowest BCUT2D eigenvalue weighted by atomic mass is 9.58. The molecule has 9 heteroatoms. The second kappa shape index (κ2) is 17.0. The number of imide groups is 1. The SMILES string of the molecule is CC(C)(C)[Si](OCC1=C2[C@@H](CC/C(=C/c3ccccc3O)c3ccccc3)OB(O)C[C@@H]2[C@@H]2C(=O)N(C3CCCCC3)C(=O)[C@@H]2C1)(c1ccccc1)c1ccccc1. The minimum atomic E-state index is -2.98. The summed E-state index contributed by atoms with van der Waals surface area (Å²) in [6, 6.07) is 38.6. The Hall–Kier alpha value is -4.54. The van der Waals surface area contributed by atoms with Gasteiger partial charge in [0.2, 0.25) is 11.8 Å². The number of benzene rings is 4. The standard InChI is InChI=1S/C49H56BNO6Si/c1-49(2,3)58(39-23-12-6-13-24-39,40-25-14-7-15-26-40)56-33-37-31-41-46(48(54)51(47(41)53)38-21-10-5-11-22-38)42-32-50(55)57-44(45(37)42)29-28-35(34-18-8-4-9-19-34)30-36-20-16-17-27-43(36)52/h4,6-9,12-20,23-27,30,38,41-42,44,46,52,55H,5,10-11,21-22,28-29,31-33H2,1-3H3/b35-30-/t41-,42+,44-,46-/m1/s1. The van der Waals surface area contributed by atoms with E-state index in [2.05, 4.69) is 81.4 Å². The predicted molar refractivity (Wildman–Crippen MR) is 234 cm³/mol. The number of likely N-dealkylation sites (tertiary alicyclic amines) is 1. The zero-order valence-electron chi connectivity index (χ0n) is 34.1. The lowest BCUT2D eigenvalue weighted by molar-refractivity contribution is -0.143. The zero-order chi connectivity index (χ0) is 40.4. The van der Waals surface area contributed by atoms with Crippen molar-refractivity contribution in [2.45, 2.75) is 95.6 Å². The molecular formula is C49H56BNO6Si. The van der Waals surface area contributed by atoms with Crippen LogP contribution in [-0.4, -0.2) is 61.0 Å². The van der Waals surface area contributed by atoms with Gasteiger partial charge in [0.05, 0.1) is 24.5 Å². The van der Waals surface area contributed by atoms with Gasteiger partial charge in [0.25, 0.3) is 8.32 Å². The summed E-state index contributed by atoms with van der Waals surface area (Å²) in [5.41, 5.74) is 4.82. The van der Waals surface area contributed by atoms with E-state index in [4.69, 9.17) is 9.08 Å². The number of rotatable bonds is 11. The summed E-state index contributed by atoms with van der Waals surface area (Å²) in [6.07, 6.45) is 8.21. The lowest BCUT2D eigenvalue weighted by Crippen LogP contribution is -2.66. The molecule has 2 saturated heterocycles. The van der Waals surface area contributed by atoms with Crippen molar-refractivity contribution in [1.82, 2.24) is 4.90 Å². The number of para-hydroxylation sites is 1. The van der Waals surface area contributed by atoms with E-state index in [1.807, 2.05) is 54.6 Å². The lowest BCUT2D eigenvalue weighted by Gasteiger charge is -2.46. The smallest absolute Gasteiger partial charge is 0.455 e. The fraction of sp³-hybridized carbons (Fsp3) is 0.388. The van der Waals surface area contributed by atoms with Crippen molar-refractivity contribution in [1.29, 1.82) is 0 Å². The van der Waals surface area contributed by atoms with Crippen LogP contribution in [0.1, 0.15) is 83.3 Å². The number of fused-ring (bicyclic) bond motifs is 3. The first-order valence-electron chi connectivity index (χ1n) is 21.3. The van der Waals surface area contributed by atoms with Crippen LogP contribution in [0.25, 0.3) is 11.6 Å². The number of carbonyl (C=O) groups is 2. The Morgan fingerprint density at radius 1 is 0.828 bits per heavy atom. The van der Waals surface area contributed by atoms with Gasteiger partial charge in [0, 0.05) is 11.6 Å². The molecule has 0 unspecified atom stereocenters. The van der Waals surface area contributed by atoms with Crippen molar-refractivity contribution in [3.63, 3.8) is 0 Å². The van der Waals surface area contributed by atoms with Crippen LogP contribution in [0.3, 0.4) is 0 Å². The van der Waals surface area contributed by atoms with Gasteiger partial charge < -0.3 is 19.2 Å². The van der Waals surface area contributed by atoms with Crippen LogP contribution in [0.15, 0.2) is 126 Å². The average Bonchev–Trinajstić information content (AvgIpc) is 3.49. The molecule has 2 N–H and O–H groups in total. The van der Waals surface area contributed by atoms with Gasteiger partial charge in [0.1, 0.15) is 5.75 Å². The Labute approximate surface area is 345 Å².